The van der Waals surface area contributed by atoms with Crippen molar-refractivity contribution >= 4 is 46.7 Å². The van der Waals surface area contributed by atoms with Crippen molar-refractivity contribution in [2.45, 2.75) is 137 Å². The molecule has 2 heterocycles. The molecule has 0 radical (unpaired) electrons. The summed E-state index contributed by atoms with van der Waals surface area (Å²) in [6.07, 6.45) is 3.03. The van der Waals surface area contributed by atoms with Crippen molar-refractivity contribution in [1.82, 2.24) is 25.4 Å². The molecule has 0 aliphatic carbocycles. The average molecular weight is 829 g/mol. The number of carbonyl (C=O) groups excluding carboxylic acids is 5. The second kappa shape index (κ2) is 23.5. The Bertz CT molecular complexity index is 1630. The largest absolute Gasteiger partial charge is 0.466 e. The van der Waals surface area contributed by atoms with Crippen LogP contribution in [0, 0.1) is 23.7 Å². The van der Waals surface area contributed by atoms with Crippen LogP contribution in [0.2, 0.25) is 0 Å². The third-order valence-electron chi connectivity index (χ3n) is 10.9. The highest BCUT2D eigenvalue weighted by Gasteiger charge is 2.39. The predicted octanol–water partition coefficient (Wildman–Crippen LogP) is 5.49. The van der Waals surface area contributed by atoms with Crippen LogP contribution in [0.3, 0.4) is 0 Å². The van der Waals surface area contributed by atoms with Gasteiger partial charge in [0.2, 0.25) is 11.8 Å². The van der Waals surface area contributed by atoms with Gasteiger partial charge in [-0.2, -0.15) is 0 Å². The molecule has 3 amide bonds. The number of aromatic nitrogens is 1. The Morgan fingerprint density at radius 3 is 2.29 bits per heavy atom. The highest BCUT2D eigenvalue weighted by Crippen LogP contribution is 2.29. The second-order valence-corrected chi connectivity index (χ2v) is 17.4. The number of nitrogens with zero attached hydrogens (tertiary/aromatic N) is 3. The standard InChI is InChI=1S/C43H68N6O8S/c1-10-28(7)38(47-40(53)34-14-12-13-19-48(34)9)42(54)49(25-57-37(51)20-26(3)4)35(27(5)6)23-36(50)41-46-33(24-58-41)39(52)45-32(21-29(8)43(55)56-11-2)22-30-15-17-31(44)18-16-30/h15-18,24,26-29,32,34-36,38,50H,10-14,19-23,25,44H2,1-9H3,(H,45,52)(H,47,53)/t28-,29?,32+,34+,35+,36+,38-/m0/s1. The number of anilines is 1. The molecule has 1 saturated heterocycles. The number of rotatable bonds is 22. The van der Waals surface area contributed by atoms with Crippen molar-refractivity contribution in [1.29, 1.82) is 0 Å². The van der Waals surface area contributed by atoms with Gasteiger partial charge < -0.3 is 35.8 Å². The first-order valence-electron chi connectivity index (χ1n) is 20.9. The fraction of sp³-hybridized carbons (Fsp3) is 0.674. The number of likely N-dealkylation sites (N-methyl/N-ethyl adjacent to an activating group) is 1. The molecule has 3 rings (SSSR count). The zero-order chi connectivity index (χ0) is 43.1. The molecule has 0 saturated carbocycles. The minimum Gasteiger partial charge on any atom is -0.466 e. The summed E-state index contributed by atoms with van der Waals surface area (Å²) in [5.41, 5.74) is 7.52. The summed E-state index contributed by atoms with van der Waals surface area (Å²) < 4.78 is 10.9. The van der Waals surface area contributed by atoms with E-state index >= 15 is 0 Å². The maximum absolute atomic E-state index is 14.7. The molecule has 0 spiro atoms. The van der Waals surface area contributed by atoms with Crippen LogP contribution in [0.25, 0.3) is 0 Å². The number of nitrogens with two attached hydrogens (primary N) is 1. The van der Waals surface area contributed by atoms with E-state index in [1.807, 2.05) is 65.6 Å². The van der Waals surface area contributed by atoms with Gasteiger partial charge in [0.15, 0.2) is 6.73 Å². The fourth-order valence-corrected chi connectivity index (χ4v) is 8.00. The van der Waals surface area contributed by atoms with Crippen LogP contribution in [-0.4, -0.2) is 101 Å². The van der Waals surface area contributed by atoms with Crippen LogP contribution < -0.4 is 16.4 Å². The molecule has 58 heavy (non-hydrogen) atoms. The van der Waals surface area contributed by atoms with Crippen molar-refractivity contribution in [2.24, 2.45) is 23.7 Å². The third kappa shape index (κ3) is 14.6. The zero-order valence-corrected chi connectivity index (χ0v) is 36.8. The summed E-state index contributed by atoms with van der Waals surface area (Å²) in [7, 11) is 1.92. The van der Waals surface area contributed by atoms with Gasteiger partial charge in [-0.15, -0.1) is 11.3 Å². The van der Waals surface area contributed by atoms with Gasteiger partial charge in [-0.05, 0) is 81.6 Å². The molecule has 1 aromatic heterocycles. The zero-order valence-electron chi connectivity index (χ0n) is 36.0. The Hall–Kier alpha value is -4.08. The van der Waals surface area contributed by atoms with E-state index < -0.39 is 47.9 Å². The topological polar surface area (TPSA) is 193 Å². The minimum absolute atomic E-state index is 0.0308. The number of nitrogen functional groups attached to an aromatic ring is 1. The Morgan fingerprint density at radius 1 is 1.00 bits per heavy atom. The summed E-state index contributed by atoms with van der Waals surface area (Å²) in [5, 5.41) is 19.6. The number of hydrogen-bond acceptors (Lipinski definition) is 12. The van der Waals surface area contributed by atoms with E-state index in [1.165, 1.54) is 4.90 Å². The number of piperidine rings is 1. The number of esters is 2. The molecular formula is C43H68N6O8S. The van der Waals surface area contributed by atoms with Crippen molar-refractivity contribution in [3.63, 3.8) is 0 Å². The molecule has 1 aliphatic heterocycles. The molecule has 5 N–H and O–H groups in total. The smallest absolute Gasteiger partial charge is 0.308 e. The number of amides is 3. The molecule has 7 atom stereocenters. The van der Waals surface area contributed by atoms with Crippen molar-refractivity contribution in [3.8, 4) is 0 Å². The summed E-state index contributed by atoms with van der Waals surface area (Å²) in [6.45, 7) is 15.7. The fourth-order valence-electron chi connectivity index (χ4n) is 7.21. The van der Waals surface area contributed by atoms with Gasteiger partial charge in [0, 0.05) is 36.0 Å². The van der Waals surface area contributed by atoms with Gasteiger partial charge >= 0.3 is 11.9 Å². The highest BCUT2D eigenvalue weighted by molar-refractivity contribution is 7.09. The first kappa shape index (κ1) is 48.3. The molecule has 1 fully saturated rings. The van der Waals surface area contributed by atoms with E-state index in [9.17, 15) is 29.1 Å². The lowest BCUT2D eigenvalue weighted by atomic mass is 9.92. The molecule has 1 aromatic carbocycles. The Kier molecular flexibility index (Phi) is 19.6. The first-order chi connectivity index (χ1) is 27.4. The molecule has 15 heteroatoms. The number of thiazole rings is 1. The van der Waals surface area contributed by atoms with Gasteiger partial charge in [-0.25, -0.2) is 4.98 Å². The van der Waals surface area contributed by atoms with E-state index in [4.69, 9.17) is 15.2 Å². The van der Waals surface area contributed by atoms with Gasteiger partial charge in [0.25, 0.3) is 5.91 Å². The van der Waals surface area contributed by atoms with Crippen LogP contribution in [0.5, 0.6) is 0 Å². The second-order valence-electron chi connectivity index (χ2n) is 16.6. The summed E-state index contributed by atoms with van der Waals surface area (Å²) in [4.78, 5) is 75.3. The normalized spacial score (nSPS) is 17.8. The van der Waals surface area contributed by atoms with Crippen LogP contribution >= 0.6 is 11.3 Å². The lowest BCUT2D eigenvalue weighted by molar-refractivity contribution is -0.160. The first-order valence-corrected chi connectivity index (χ1v) is 21.7. The number of likely N-dealkylation sites (tertiary alicyclic amines) is 1. The third-order valence-corrected chi connectivity index (χ3v) is 11.8. The Balaban J connectivity index is 1.86. The number of carbonyl (C=O) groups is 5. The van der Waals surface area contributed by atoms with Gasteiger partial charge in [0.05, 0.1) is 18.6 Å². The van der Waals surface area contributed by atoms with E-state index in [2.05, 4.69) is 15.6 Å². The number of ether oxygens (including phenoxy) is 2. The van der Waals surface area contributed by atoms with E-state index in [0.29, 0.717) is 31.4 Å². The van der Waals surface area contributed by atoms with Crippen LogP contribution in [0.15, 0.2) is 29.6 Å². The van der Waals surface area contributed by atoms with Crippen LogP contribution in [0.1, 0.15) is 127 Å². The maximum Gasteiger partial charge on any atom is 0.308 e. The van der Waals surface area contributed by atoms with Crippen molar-refractivity contribution < 1.29 is 38.6 Å². The number of aliphatic hydroxyl groups excluding tert-OH is 1. The molecule has 2 aromatic rings. The summed E-state index contributed by atoms with van der Waals surface area (Å²) in [5.74, 6) is -2.75. The Labute approximate surface area is 349 Å². The predicted molar refractivity (Wildman–Crippen MR) is 225 cm³/mol. The summed E-state index contributed by atoms with van der Waals surface area (Å²) >= 11 is 1.12. The quantitative estimate of drug-likeness (QED) is 0.0666. The lowest BCUT2D eigenvalue weighted by Gasteiger charge is -2.39. The van der Waals surface area contributed by atoms with Gasteiger partial charge in [0.1, 0.15) is 22.8 Å². The van der Waals surface area contributed by atoms with E-state index in [-0.39, 0.29) is 72.6 Å². The number of benzene rings is 1. The average Bonchev–Trinajstić information content (AvgIpc) is 3.68. The van der Waals surface area contributed by atoms with Gasteiger partial charge in [-0.1, -0.05) is 73.4 Å². The molecule has 324 valence electrons. The van der Waals surface area contributed by atoms with E-state index in [0.717, 1.165) is 36.3 Å². The molecule has 14 nitrogen and oxygen atoms in total. The molecular weight excluding hydrogens is 761 g/mol. The highest BCUT2D eigenvalue weighted by atomic mass is 32.1. The van der Waals surface area contributed by atoms with Crippen molar-refractivity contribution in [2.75, 3.05) is 32.7 Å². The van der Waals surface area contributed by atoms with Crippen LogP contribution in [-0.2, 0) is 35.1 Å². The molecule has 1 aliphatic rings. The maximum atomic E-state index is 14.7. The minimum atomic E-state index is -1.18. The number of nitrogens with one attached hydrogen (secondary N) is 2. The number of aliphatic hydroxyl groups is 1. The molecule has 0 bridgehead atoms. The van der Waals surface area contributed by atoms with Gasteiger partial charge in [-0.3, -0.25) is 28.9 Å². The monoisotopic (exact) mass is 828 g/mol. The number of hydrogen-bond donors (Lipinski definition) is 4. The summed E-state index contributed by atoms with van der Waals surface area (Å²) in [6, 6.07) is 5.00. The molecule has 1 unspecified atom stereocenters. The van der Waals surface area contributed by atoms with Crippen molar-refractivity contribution in [3.05, 3.63) is 45.9 Å². The Morgan fingerprint density at radius 2 is 1.69 bits per heavy atom. The van der Waals surface area contributed by atoms with Crippen LogP contribution in [0.4, 0.5) is 5.69 Å². The van der Waals surface area contributed by atoms with E-state index in [1.54, 1.807) is 31.4 Å². The SMILES string of the molecule is CCOC(=O)C(C)C[C@H](Cc1ccc(N)cc1)NC(=O)c1csc([C@H](O)C[C@H](C(C)C)N(COC(=O)CC(C)C)C(=O)[C@@H](NC(=O)[C@H]2CCCCN2C)[C@@H](C)CC)n1. The lowest BCUT2D eigenvalue weighted by Crippen LogP contribution is -2.59.